The van der Waals surface area contributed by atoms with Crippen LogP contribution in [0.5, 0.6) is 0 Å². The van der Waals surface area contributed by atoms with Crippen LogP contribution in [0.15, 0.2) is 28.6 Å². The van der Waals surface area contributed by atoms with Crippen LogP contribution in [0.3, 0.4) is 0 Å². The van der Waals surface area contributed by atoms with Gasteiger partial charge in [-0.15, -0.1) is 10.2 Å². The number of anilines is 1. The van der Waals surface area contributed by atoms with E-state index in [4.69, 9.17) is 18.0 Å². The van der Waals surface area contributed by atoms with Crippen LogP contribution in [-0.2, 0) is 10.0 Å². The zero-order valence-electron chi connectivity index (χ0n) is 9.82. The minimum atomic E-state index is -3.73. The molecule has 0 bridgehead atoms. The van der Waals surface area contributed by atoms with Gasteiger partial charge in [-0.25, -0.2) is 8.42 Å². The maximum Gasteiger partial charge on any atom is 0.263 e. The largest absolute Gasteiger partial charge is 0.389 e. The second-order valence-electron chi connectivity index (χ2n) is 3.69. The Labute approximate surface area is 119 Å². The molecule has 3 N–H and O–H groups in total. The summed E-state index contributed by atoms with van der Waals surface area (Å²) in [6.07, 6.45) is 0. The van der Waals surface area contributed by atoms with Gasteiger partial charge >= 0.3 is 0 Å². The molecule has 0 aliphatic rings. The number of rotatable bonds is 4. The normalized spacial score (nSPS) is 11.2. The summed E-state index contributed by atoms with van der Waals surface area (Å²) in [7, 11) is -3.73. The molecule has 0 atom stereocenters. The van der Waals surface area contributed by atoms with Crippen LogP contribution in [0.1, 0.15) is 11.1 Å². The van der Waals surface area contributed by atoms with Crippen molar-refractivity contribution in [3.8, 4) is 0 Å². The summed E-state index contributed by atoms with van der Waals surface area (Å²) in [5.74, 6) is 0. The zero-order valence-corrected chi connectivity index (χ0v) is 12.3. The number of hydrogen-bond donors (Lipinski definition) is 2. The molecule has 1 aromatic carbocycles. The highest BCUT2D eigenvalue weighted by Crippen LogP contribution is 2.21. The number of nitrogens with two attached hydrogens (primary N) is 1. The second-order valence-corrected chi connectivity index (χ2v) is 6.62. The fourth-order valence-electron chi connectivity index (χ4n) is 1.43. The first-order valence-corrected chi connectivity index (χ1v) is 7.87. The van der Waals surface area contributed by atoms with Crippen molar-refractivity contribution >= 4 is 43.7 Å². The number of nitrogens with one attached hydrogen (secondary N) is 1. The van der Waals surface area contributed by atoms with Gasteiger partial charge in [-0.1, -0.05) is 35.7 Å². The molecular weight excluding hydrogens is 304 g/mol. The lowest BCUT2D eigenvalue weighted by molar-refractivity contribution is 0.600. The van der Waals surface area contributed by atoms with Crippen LogP contribution in [-0.4, -0.2) is 23.6 Å². The Morgan fingerprint density at radius 3 is 2.79 bits per heavy atom. The average Bonchev–Trinajstić information content (AvgIpc) is 2.81. The number of nitrogens with zero attached hydrogens (tertiary/aromatic N) is 2. The second kappa shape index (κ2) is 5.19. The summed E-state index contributed by atoms with van der Waals surface area (Å²) >= 11 is 5.94. The van der Waals surface area contributed by atoms with Crippen LogP contribution >= 0.6 is 23.6 Å². The Balaban J connectivity index is 2.45. The monoisotopic (exact) mass is 314 g/mol. The van der Waals surface area contributed by atoms with Crippen LogP contribution in [0.2, 0.25) is 0 Å². The summed E-state index contributed by atoms with van der Waals surface area (Å²) in [5, 5.41) is 7.42. The van der Waals surface area contributed by atoms with Gasteiger partial charge in [0, 0.05) is 5.56 Å². The van der Waals surface area contributed by atoms with Crippen LogP contribution in [0.25, 0.3) is 0 Å². The van der Waals surface area contributed by atoms with Crippen LogP contribution < -0.4 is 10.5 Å². The minimum absolute atomic E-state index is 0.119. The van der Waals surface area contributed by atoms with Crippen molar-refractivity contribution in [2.75, 3.05) is 4.72 Å². The third kappa shape index (κ3) is 3.06. The van der Waals surface area contributed by atoms with Crippen molar-refractivity contribution in [3.63, 3.8) is 0 Å². The Morgan fingerprint density at radius 2 is 2.21 bits per heavy atom. The molecule has 2 rings (SSSR count). The molecule has 9 heteroatoms. The van der Waals surface area contributed by atoms with Crippen molar-refractivity contribution in [1.82, 2.24) is 10.2 Å². The van der Waals surface area contributed by atoms with Crippen molar-refractivity contribution in [3.05, 3.63) is 34.8 Å². The lowest BCUT2D eigenvalue weighted by Crippen LogP contribution is -2.16. The van der Waals surface area contributed by atoms with Crippen molar-refractivity contribution in [1.29, 1.82) is 0 Å². The lowest BCUT2D eigenvalue weighted by Gasteiger charge is -2.09. The average molecular weight is 314 g/mol. The quantitative estimate of drug-likeness (QED) is 0.825. The van der Waals surface area contributed by atoms with Gasteiger partial charge in [-0.3, -0.25) is 4.72 Å². The van der Waals surface area contributed by atoms with E-state index in [1.807, 2.05) is 0 Å². The first-order chi connectivity index (χ1) is 8.90. The highest BCUT2D eigenvalue weighted by Gasteiger charge is 2.19. The van der Waals surface area contributed by atoms with Gasteiger partial charge in [-0.05, 0) is 18.6 Å². The zero-order chi connectivity index (χ0) is 14.0. The molecule has 0 aliphatic heterocycles. The van der Waals surface area contributed by atoms with Gasteiger partial charge in [-0.2, -0.15) is 0 Å². The number of benzene rings is 1. The number of aromatic nitrogens is 2. The minimum Gasteiger partial charge on any atom is -0.389 e. The summed E-state index contributed by atoms with van der Waals surface area (Å²) in [4.78, 5) is 0.264. The van der Waals surface area contributed by atoms with Crippen molar-refractivity contribution < 1.29 is 8.42 Å². The van der Waals surface area contributed by atoms with Crippen molar-refractivity contribution in [2.45, 2.75) is 11.8 Å². The standard InChI is InChI=1S/C10H10N4O2S3/c1-6-2-3-7(9(11)17)4-8(6)19(15,16)14-10-13-12-5-18-10/h2-5H,1H3,(H2,11,17)(H,13,14). The third-order valence-electron chi connectivity index (χ3n) is 2.34. The summed E-state index contributed by atoms with van der Waals surface area (Å²) in [5.41, 5.74) is 8.04. The summed E-state index contributed by atoms with van der Waals surface area (Å²) in [6.45, 7) is 1.69. The number of aryl methyl sites for hydroxylation is 1. The highest BCUT2D eigenvalue weighted by molar-refractivity contribution is 7.93. The third-order valence-corrected chi connectivity index (χ3v) is 4.80. The summed E-state index contributed by atoms with van der Waals surface area (Å²) < 4.78 is 26.8. The van der Waals surface area contributed by atoms with Gasteiger partial charge in [0.25, 0.3) is 10.0 Å². The first kappa shape index (κ1) is 13.8. The van der Waals surface area contributed by atoms with Gasteiger partial charge in [0.05, 0.1) is 4.90 Å². The number of sulfonamides is 1. The van der Waals surface area contributed by atoms with Gasteiger partial charge in [0.1, 0.15) is 10.5 Å². The molecule has 0 aliphatic carbocycles. The Bertz CT molecular complexity index is 710. The highest BCUT2D eigenvalue weighted by atomic mass is 32.2. The molecule has 100 valence electrons. The maximum absolute atomic E-state index is 12.2. The number of thiocarbonyl (C=S) groups is 1. The van der Waals surface area contributed by atoms with Crippen LogP contribution in [0, 0.1) is 6.92 Å². The fourth-order valence-corrected chi connectivity index (χ4v) is 3.52. The van der Waals surface area contributed by atoms with Crippen LogP contribution in [0.4, 0.5) is 5.13 Å². The molecule has 1 aromatic heterocycles. The van der Waals surface area contributed by atoms with Gasteiger partial charge in [0.2, 0.25) is 5.13 Å². The predicted octanol–water partition coefficient (Wildman–Crippen LogP) is 1.28. The van der Waals surface area contributed by atoms with E-state index in [1.54, 1.807) is 19.1 Å². The molecule has 6 nitrogen and oxygen atoms in total. The maximum atomic E-state index is 12.2. The molecule has 0 radical (unpaired) electrons. The summed E-state index contributed by atoms with van der Waals surface area (Å²) in [6, 6.07) is 4.78. The van der Waals surface area contributed by atoms with Gasteiger partial charge in [0.15, 0.2) is 0 Å². The van der Waals surface area contributed by atoms with E-state index in [0.717, 1.165) is 11.3 Å². The smallest absolute Gasteiger partial charge is 0.263 e. The van der Waals surface area contributed by atoms with E-state index in [-0.39, 0.29) is 15.0 Å². The molecule has 19 heavy (non-hydrogen) atoms. The molecule has 2 aromatic rings. The predicted molar refractivity (Wildman–Crippen MR) is 77.8 cm³/mol. The molecule has 0 saturated carbocycles. The SMILES string of the molecule is Cc1ccc(C(N)=S)cc1S(=O)(=O)Nc1nncs1. The van der Waals surface area contributed by atoms with Gasteiger partial charge < -0.3 is 5.73 Å². The Morgan fingerprint density at radius 1 is 1.47 bits per heavy atom. The van der Waals surface area contributed by atoms with E-state index in [0.29, 0.717) is 11.1 Å². The molecule has 1 heterocycles. The number of hydrogen-bond acceptors (Lipinski definition) is 6. The molecule has 0 spiro atoms. The fraction of sp³-hybridized carbons (Fsp3) is 0.100. The molecule has 0 amide bonds. The van der Waals surface area contributed by atoms with E-state index >= 15 is 0 Å². The molecule has 0 unspecified atom stereocenters. The van der Waals surface area contributed by atoms with E-state index in [2.05, 4.69) is 14.9 Å². The van der Waals surface area contributed by atoms with E-state index in [9.17, 15) is 8.42 Å². The first-order valence-electron chi connectivity index (χ1n) is 5.09. The van der Waals surface area contributed by atoms with E-state index < -0.39 is 10.0 Å². The van der Waals surface area contributed by atoms with E-state index in [1.165, 1.54) is 11.6 Å². The van der Waals surface area contributed by atoms with Crippen molar-refractivity contribution in [2.24, 2.45) is 5.73 Å². The molecular formula is C10H10N4O2S3. The topological polar surface area (TPSA) is 98.0 Å². The molecule has 0 fully saturated rings. The lowest BCUT2D eigenvalue weighted by atomic mass is 10.1. The molecule has 0 saturated heterocycles. The Kier molecular flexibility index (Phi) is 3.78. The Hall–Kier alpha value is -1.58.